The van der Waals surface area contributed by atoms with Gasteiger partial charge in [0.05, 0.1) is 7.11 Å². The second kappa shape index (κ2) is 11.2. The Labute approximate surface area is 165 Å². The van der Waals surface area contributed by atoms with Gasteiger partial charge in [-0.25, -0.2) is 0 Å². The summed E-state index contributed by atoms with van der Waals surface area (Å²) in [5.74, 6) is 2.05. The molecule has 0 radical (unpaired) electrons. The Balaban J connectivity index is 1.64. The fourth-order valence-electron chi connectivity index (χ4n) is 2.38. The molecule has 0 heterocycles. The summed E-state index contributed by atoms with van der Waals surface area (Å²) in [6.45, 7) is 4.47. The summed E-state index contributed by atoms with van der Waals surface area (Å²) in [5.41, 5.74) is 0.702. The molecule has 2 unspecified atom stereocenters. The zero-order chi connectivity index (χ0) is 20.4. The summed E-state index contributed by atoms with van der Waals surface area (Å²) >= 11 is 0. The Bertz CT molecular complexity index is 719. The molecular weight excluding hydrogens is 360 g/mol. The number of ether oxygens (including phenoxy) is 3. The number of benzene rings is 2. The van der Waals surface area contributed by atoms with Crippen LogP contribution in [0.4, 0.5) is 5.69 Å². The lowest BCUT2D eigenvalue weighted by molar-refractivity contribution is -0.114. The van der Waals surface area contributed by atoms with Crippen LogP contribution in [-0.2, 0) is 4.79 Å². The van der Waals surface area contributed by atoms with Crippen LogP contribution in [0, 0.1) is 0 Å². The fourth-order valence-corrected chi connectivity index (χ4v) is 2.38. The van der Waals surface area contributed by atoms with Crippen molar-refractivity contribution in [3.8, 4) is 17.2 Å². The van der Waals surface area contributed by atoms with Gasteiger partial charge in [-0.2, -0.15) is 0 Å². The maximum Gasteiger partial charge on any atom is 0.221 e. The Hall–Kier alpha value is -2.77. The quantitative estimate of drug-likeness (QED) is 0.548. The van der Waals surface area contributed by atoms with E-state index in [0.29, 0.717) is 24.6 Å². The largest absolute Gasteiger partial charge is 0.497 e. The third-order valence-electron chi connectivity index (χ3n) is 3.88. The van der Waals surface area contributed by atoms with Crippen LogP contribution in [0.2, 0.25) is 0 Å². The molecule has 7 heteroatoms. The molecular formula is C21H28N2O5. The minimum Gasteiger partial charge on any atom is -0.497 e. The molecule has 7 nitrogen and oxygen atoms in total. The molecule has 152 valence electrons. The molecule has 2 rings (SSSR count). The maximum atomic E-state index is 11.0. The van der Waals surface area contributed by atoms with E-state index in [0.717, 1.165) is 11.5 Å². The van der Waals surface area contributed by atoms with Crippen molar-refractivity contribution in [2.45, 2.75) is 26.0 Å². The average Bonchev–Trinajstić information content (AvgIpc) is 2.70. The second-order valence-electron chi connectivity index (χ2n) is 6.47. The zero-order valence-electron chi connectivity index (χ0n) is 16.5. The van der Waals surface area contributed by atoms with Crippen molar-refractivity contribution in [3.05, 3.63) is 48.5 Å². The number of rotatable bonds is 11. The first kappa shape index (κ1) is 21.5. The Morgan fingerprint density at radius 1 is 0.964 bits per heavy atom. The molecule has 2 atom stereocenters. The molecule has 0 spiro atoms. The molecule has 0 saturated heterocycles. The predicted octanol–water partition coefficient (Wildman–Crippen LogP) is 2.45. The van der Waals surface area contributed by atoms with Gasteiger partial charge < -0.3 is 30.0 Å². The van der Waals surface area contributed by atoms with Gasteiger partial charge in [0.2, 0.25) is 5.91 Å². The molecule has 28 heavy (non-hydrogen) atoms. The van der Waals surface area contributed by atoms with Crippen LogP contribution >= 0.6 is 0 Å². The molecule has 0 fully saturated rings. The third kappa shape index (κ3) is 7.85. The van der Waals surface area contributed by atoms with Gasteiger partial charge in [0, 0.05) is 25.2 Å². The fraction of sp³-hybridized carbons (Fsp3) is 0.381. The number of hydrogen-bond acceptors (Lipinski definition) is 6. The molecule has 0 bridgehead atoms. The van der Waals surface area contributed by atoms with Crippen molar-refractivity contribution >= 4 is 11.6 Å². The SMILES string of the molecule is COc1ccc(OCC(C)NCC(O)COc2ccc(NC(C)=O)cc2)cc1. The van der Waals surface area contributed by atoms with Crippen LogP contribution in [0.5, 0.6) is 17.2 Å². The molecule has 3 N–H and O–H groups in total. The van der Waals surface area contributed by atoms with Crippen LogP contribution in [0.3, 0.4) is 0 Å². The van der Waals surface area contributed by atoms with Crippen LogP contribution in [0.25, 0.3) is 0 Å². The van der Waals surface area contributed by atoms with E-state index < -0.39 is 6.10 Å². The van der Waals surface area contributed by atoms with Crippen LogP contribution < -0.4 is 24.8 Å². The minimum absolute atomic E-state index is 0.0636. The first-order chi connectivity index (χ1) is 13.5. The van der Waals surface area contributed by atoms with Gasteiger partial charge in [-0.15, -0.1) is 0 Å². The molecule has 2 aromatic carbocycles. The second-order valence-corrected chi connectivity index (χ2v) is 6.47. The van der Waals surface area contributed by atoms with Crippen molar-refractivity contribution < 1.29 is 24.1 Å². The van der Waals surface area contributed by atoms with Gasteiger partial charge in [-0.05, 0) is 55.5 Å². The van der Waals surface area contributed by atoms with E-state index in [1.165, 1.54) is 6.92 Å². The van der Waals surface area contributed by atoms with Gasteiger partial charge >= 0.3 is 0 Å². The highest BCUT2D eigenvalue weighted by Gasteiger charge is 2.09. The summed E-state index contributed by atoms with van der Waals surface area (Å²) in [7, 11) is 1.62. The Morgan fingerprint density at radius 3 is 2.07 bits per heavy atom. The minimum atomic E-state index is -0.654. The van der Waals surface area contributed by atoms with Crippen LogP contribution in [-0.4, -0.2) is 50.0 Å². The summed E-state index contributed by atoms with van der Waals surface area (Å²) in [4.78, 5) is 11.0. The molecule has 1 amide bonds. The van der Waals surface area contributed by atoms with Crippen LogP contribution in [0.15, 0.2) is 48.5 Å². The standard InChI is InChI=1S/C21H28N2O5/c1-15(13-27-21-10-8-19(26-3)9-11-21)22-12-18(25)14-28-20-6-4-17(5-7-20)23-16(2)24/h4-11,15,18,22,25H,12-14H2,1-3H3,(H,23,24). The van der Waals surface area contributed by atoms with Gasteiger partial charge in [0.15, 0.2) is 0 Å². The number of amides is 1. The molecule has 0 aliphatic carbocycles. The topological polar surface area (TPSA) is 89.1 Å². The molecule has 0 aliphatic rings. The van der Waals surface area contributed by atoms with Crippen molar-refractivity contribution in [1.82, 2.24) is 5.32 Å². The number of methoxy groups -OCH3 is 1. The Kier molecular flexibility index (Phi) is 8.58. The average molecular weight is 388 g/mol. The van der Waals surface area contributed by atoms with Crippen LogP contribution in [0.1, 0.15) is 13.8 Å². The molecule has 0 saturated carbocycles. The van der Waals surface area contributed by atoms with E-state index in [2.05, 4.69) is 10.6 Å². The highest BCUT2D eigenvalue weighted by molar-refractivity contribution is 5.88. The summed E-state index contributed by atoms with van der Waals surface area (Å²) < 4.78 is 16.4. The van der Waals surface area contributed by atoms with E-state index in [4.69, 9.17) is 14.2 Å². The number of carbonyl (C=O) groups is 1. The Morgan fingerprint density at radius 2 is 1.50 bits per heavy atom. The first-order valence-corrected chi connectivity index (χ1v) is 9.15. The lowest BCUT2D eigenvalue weighted by Gasteiger charge is -2.18. The highest BCUT2D eigenvalue weighted by Crippen LogP contribution is 2.17. The van der Waals surface area contributed by atoms with Crippen molar-refractivity contribution in [2.75, 3.05) is 32.2 Å². The van der Waals surface area contributed by atoms with Gasteiger partial charge in [-0.3, -0.25) is 4.79 Å². The molecule has 0 aromatic heterocycles. The number of carbonyl (C=O) groups excluding carboxylic acids is 1. The summed E-state index contributed by atoms with van der Waals surface area (Å²) in [5, 5.41) is 16.0. The predicted molar refractivity (Wildman–Crippen MR) is 108 cm³/mol. The first-order valence-electron chi connectivity index (χ1n) is 9.15. The summed E-state index contributed by atoms with van der Waals surface area (Å²) in [6.07, 6.45) is -0.654. The van der Waals surface area contributed by atoms with E-state index in [1.807, 2.05) is 31.2 Å². The maximum absolute atomic E-state index is 11.0. The zero-order valence-corrected chi connectivity index (χ0v) is 16.5. The summed E-state index contributed by atoms with van der Waals surface area (Å²) in [6, 6.07) is 14.5. The van der Waals surface area contributed by atoms with Gasteiger partial charge in [-0.1, -0.05) is 0 Å². The molecule has 2 aromatic rings. The van der Waals surface area contributed by atoms with Crippen molar-refractivity contribution in [2.24, 2.45) is 0 Å². The number of aliphatic hydroxyl groups is 1. The van der Waals surface area contributed by atoms with E-state index in [9.17, 15) is 9.90 Å². The lowest BCUT2D eigenvalue weighted by Crippen LogP contribution is -2.39. The van der Waals surface area contributed by atoms with E-state index >= 15 is 0 Å². The number of hydrogen-bond donors (Lipinski definition) is 3. The van der Waals surface area contributed by atoms with Crippen molar-refractivity contribution in [1.29, 1.82) is 0 Å². The normalized spacial score (nSPS) is 12.7. The van der Waals surface area contributed by atoms with E-state index in [1.54, 1.807) is 31.4 Å². The highest BCUT2D eigenvalue weighted by atomic mass is 16.5. The van der Waals surface area contributed by atoms with Gasteiger partial charge in [0.25, 0.3) is 0 Å². The van der Waals surface area contributed by atoms with Gasteiger partial charge in [0.1, 0.15) is 36.6 Å². The smallest absolute Gasteiger partial charge is 0.221 e. The van der Waals surface area contributed by atoms with Crippen molar-refractivity contribution in [3.63, 3.8) is 0 Å². The number of aliphatic hydroxyl groups excluding tert-OH is 1. The lowest BCUT2D eigenvalue weighted by atomic mass is 10.3. The number of nitrogens with one attached hydrogen (secondary N) is 2. The number of anilines is 1. The third-order valence-corrected chi connectivity index (χ3v) is 3.88. The monoisotopic (exact) mass is 388 g/mol. The molecule has 0 aliphatic heterocycles. The van der Waals surface area contributed by atoms with E-state index in [-0.39, 0.29) is 18.6 Å².